The van der Waals surface area contributed by atoms with E-state index in [0.717, 1.165) is 31.4 Å². The van der Waals surface area contributed by atoms with Crippen molar-refractivity contribution in [3.05, 3.63) is 11.3 Å². The summed E-state index contributed by atoms with van der Waals surface area (Å²) in [6, 6.07) is 2.35. The second-order valence-corrected chi connectivity index (χ2v) is 6.67. The van der Waals surface area contributed by atoms with Gasteiger partial charge in [-0.1, -0.05) is 12.8 Å². The molecule has 0 aromatic carbocycles. The first-order chi connectivity index (χ1) is 11.5. The van der Waals surface area contributed by atoms with Gasteiger partial charge < -0.3 is 15.8 Å². The number of thiocarbonyl (C=S) groups is 1. The second kappa shape index (κ2) is 8.25. The van der Waals surface area contributed by atoms with Gasteiger partial charge >= 0.3 is 5.97 Å². The number of ether oxygens (including phenoxy) is 1. The predicted molar refractivity (Wildman–Crippen MR) is 96.1 cm³/mol. The Morgan fingerprint density at radius 1 is 1.50 bits per heavy atom. The summed E-state index contributed by atoms with van der Waals surface area (Å²) in [7, 11) is 0. The Kier molecular flexibility index (Phi) is 6.32. The molecule has 0 amide bonds. The van der Waals surface area contributed by atoms with Gasteiger partial charge in [0, 0.05) is 11.6 Å². The van der Waals surface area contributed by atoms with Gasteiger partial charge in [-0.3, -0.25) is 4.99 Å². The molecule has 1 heterocycles. The van der Waals surface area contributed by atoms with Crippen molar-refractivity contribution in [1.82, 2.24) is 5.32 Å². The van der Waals surface area contributed by atoms with E-state index in [-0.39, 0.29) is 36.1 Å². The quantitative estimate of drug-likeness (QED) is 0.582. The van der Waals surface area contributed by atoms with Crippen molar-refractivity contribution in [2.75, 3.05) is 13.2 Å². The van der Waals surface area contributed by atoms with Crippen LogP contribution >= 0.6 is 12.2 Å². The number of hydrogen-bond donors (Lipinski definition) is 2. The Hall–Kier alpha value is -1.94. The summed E-state index contributed by atoms with van der Waals surface area (Å²) in [5.41, 5.74) is 7.36. The van der Waals surface area contributed by atoms with E-state index >= 15 is 0 Å². The standard InChI is InChI=1S/C17H24N4O2S/c1-3-23-16(22)15-13(9-20-17(19)24)21-10(2)12(8-18)14(15)11-6-4-5-7-11/h11-12,14H,3-7,9H2,1-2H3,(H3,19,20,24). The van der Waals surface area contributed by atoms with Crippen LogP contribution in [0.25, 0.3) is 0 Å². The molecule has 2 aliphatic rings. The van der Waals surface area contributed by atoms with Crippen LogP contribution < -0.4 is 11.1 Å². The minimum Gasteiger partial charge on any atom is -0.463 e. The molecule has 0 bridgehead atoms. The summed E-state index contributed by atoms with van der Waals surface area (Å²) in [4.78, 5) is 17.1. The number of hydrogen-bond acceptors (Lipinski definition) is 5. The number of nitrogens with two attached hydrogens (primary N) is 1. The van der Waals surface area contributed by atoms with Gasteiger partial charge in [-0.2, -0.15) is 5.26 Å². The van der Waals surface area contributed by atoms with Crippen molar-refractivity contribution < 1.29 is 9.53 Å². The first-order valence-corrected chi connectivity index (χ1v) is 8.78. The van der Waals surface area contributed by atoms with Crippen molar-refractivity contribution in [3.63, 3.8) is 0 Å². The Morgan fingerprint density at radius 3 is 2.71 bits per heavy atom. The van der Waals surface area contributed by atoms with Gasteiger partial charge in [-0.05, 0) is 44.8 Å². The lowest BCUT2D eigenvalue weighted by atomic mass is 9.72. The fourth-order valence-corrected chi connectivity index (χ4v) is 3.80. The maximum absolute atomic E-state index is 12.6. The van der Waals surface area contributed by atoms with E-state index in [4.69, 9.17) is 22.7 Å². The number of nitriles is 1. The van der Waals surface area contributed by atoms with E-state index in [1.807, 2.05) is 6.92 Å². The summed E-state index contributed by atoms with van der Waals surface area (Å²) < 4.78 is 5.27. The van der Waals surface area contributed by atoms with Gasteiger partial charge in [0.2, 0.25) is 0 Å². The van der Waals surface area contributed by atoms with Crippen LogP contribution in [0.4, 0.5) is 0 Å². The molecular formula is C17H24N4O2S. The molecule has 2 unspecified atom stereocenters. The van der Waals surface area contributed by atoms with E-state index < -0.39 is 0 Å². The van der Waals surface area contributed by atoms with E-state index in [9.17, 15) is 10.1 Å². The van der Waals surface area contributed by atoms with Gasteiger partial charge in [-0.15, -0.1) is 0 Å². The Balaban J connectivity index is 2.47. The normalized spacial score (nSPS) is 24.3. The highest BCUT2D eigenvalue weighted by molar-refractivity contribution is 7.80. The Bertz CT molecular complexity index is 615. The third-order valence-electron chi connectivity index (χ3n) is 4.74. The fraction of sp³-hybridized carbons (Fsp3) is 0.647. The molecule has 0 aromatic heterocycles. The summed E-state index contributed by atoms with van der Waals surface area (Å²) in [5.74, 6) is -0.636. The molecule has 0 radical (unpaired) electrons. The molecule has 1 aliphatic heterocycles. The molecule has 2 rings (SSSR count). The van der Waals surface area contributed by atoms with Crippen molar-refractivity contribution in [2.24, 2.45) is 28.5 Å². The van der Waals surface area contributed by atoms with Crippen molar-refractivity contribution in [1.29, 1.82) is 5.26 Å². The zero-order valence-electron chi connectivity index (χ0n) is 14.2. The van der Waals surface area contributed by atoms with Crippen LogP contribution in [-0.2, 0) is 9.53 Å². The van der Waals surface area contributed by atoms with Crippen LogP contribution in [-0.4, -0.2) is 29.9 Å². The highest BCUT2D eigenvalue weighted by Gasteiger charge is 2.42. The monoisotopic (exact) mass is 348 g/mol. The van der Waals surface area contributed by atoms with Gasteiger partial charge in [0.15, 0.2) is 5.11 Å². The molecule has 7 heteroatoms. The number of carbonyl (C=O) groups excluding carboxylic acids is 1. The van der Waals surface area contributed by atoms with Gasteiger partial charge in [-0.25, -0.2) is 4.79 Å². The fourth-order valence-electron chi connectivity index (χ4n) is 3.73. The van der Waals surface area contributed by atoms with E-state index in [0.29, 0.717) is 17.2 Å². The maximum atomic E-state index is 12.6. The summed E-state index contributed by atoms with van der Waals surface area (Å²) in [5, 5.41) is 12.7. The Labute approximate surface area is 148 Å². The average molecular weight is 348 g/mol. The lowest BCUT2D eigenvalue weighted by molar-refractivity contribution is -0.139. The van der Waals surface area contributed by atoms with E-state index in [1.165, 1.54) is 0 Å². The minimum atomic E-state index is -0.388. The van der Waals surface area contributed by atoms with Gasteiger partial charge in [0.05, 0.1) is 36.4 Å². The largest absolute Gasteiger partial charge is 0.463 e. The number of rotatable bonds is 5. The van der Waals surface area contributed by atoms with Gasteiger partial charge in [0.25, 0.3) is 0 Å². The molecule has 130 valence electrons. The van der Waals surface area contributed by atoms with Gasteiger partial charge in [0.1, 0.15) is 0 Å². The van der Waals surface area contributed by atoms with Crippen molar-refractivity contribution in [3.8, 4) is 6.07 Å². The van der Waals surface area contributed by atoms with E-state index in [1.54, 1.807) is 6.92 Å². The predicted octanol–water partition coefficient (Wildman–Crippen LogP) is 2.06. The minimum absolute atomic E-state index is 0.151. The van der Waals surface area contributed by atoms with Crippen LogP contribution in [0.2, 0.25) is 0 Å². The topological polar surface area (TPSA) is 100 Å². The van der Waals surface area contributed by atoms with E-state index in [2.05, 4.69) is 16.4 Å². The number of nitrogens with one attached hydrogen (secondary N) is 1. The summed E-state index contributed by atoms with van der Waals surface area (Å²) in [6.07, 6.45) is 4.31. The first kappa shape index (κ1) is 18.4. The molecule has 1 aliphatic carbocycles. The molecule has 0 aromatic rings. The van der Waals surface area contributed by atoms with Crippen LogP contribution in [0, 0.1) is 29.1 Å². The maximum Gasteiger partial charge on any atom is 0.336 e. The molecule has 2 atom stereocenters. The smallest absolute Gasteiger partial charge is 0.336 e. The SMILES string of the molecule is CCOC(=O)C1=C(CNC(N)=S)N=C(C)C(C#N)C1C1CCCC1. The number of nitrogens with zero attached hydrogens (tertiary/aromatic N) is 2. The molecule has 24 heavy (non-hydrogen) atoms. The molecule has 0 spiro atoms. The summed E-state index contributed by atoms with van der Waals surface area (Å²) in [6.45, 7) is 4.17. The van der Waals surface area contributed by atoms with Crippen LogP contribution in [0.1, 0.15) is 39.5 Å². The number of aliphatic imine (C=N–C) groups is 1. The lowest BCUT2D eigenvalue weighted by Crippen LogP contribution is -2.38. The van der Waals surface area contributed by atoms with Crippen LogP contribution in [0.3, 0.4) is 0 Å². The molecule has 6 nitrogen and oxygen atoms in total. The molecule has 1 fully saturated rings. The number of carbonyl (C=O) groups is 1. The highest BCUT2D eigenvalue weighted by atomic mass is 32.1. The summed E-state index contributed by atoms with van der Waals surface area (Å²) >= 11 is 4.86. The van der Waals surface area contributed by atoms with Crippen LogP contribution in [0.5, 0.6) is 0 Å². The lowest BCUT2D eigenvalue weighted by Gasteiger charge is -2.33. The Morgan fingerprint density at radius 2 is 2.17 bits per heavy atom. The zero-order chi connectivity index (χ0) is 17.7. The number of esters is 1. The molecular weight excluding hydrogens is 324 g/mol. The second-order valence-electron chi connectivity index (χ2n) is 6.23. The van der Waals surface area contributed by atoms with Crippen molar-refractivity contribution in [2.45, 2.75) is 39.5 Å². The highest BCUT2D eigenvalue weighted by Crippen LogP contribution is 2.43. The molecule has 3 N–H and O–H groups in total. The average Bonchev–Trinajstić information content (AvgIpc) is 3.06. The molecule has 0 saturated heterocycles. The third kappa shape index (κ3) is 3.93. The van der Waals surface area contributed by atoms with Crippen molar-refractivity contribution >= 4 is 29.0 Å². The third-order valence-corrected chi connectivity index (χ3v) is 4.88. The molecule has 1 saturated carbocycles. The van der Waals surface area contributed by atoms with Crippen LogP contribution in [0.15, 0.2) is 16.3 Å². The first-order valence-electron chi connectivity index (χ1n) is 8.37. The zero-order valence-corrected chi connectivity index (χ0v) is 15.0.